The van der Waals surface area contributed by atoms with Gasteiger partial charge in [-0.05, 0) is 47.2 Å². The van der Waals surface area contributed by atoms with E-state index >= 15 is 0 Å². The number of nitrogens with one attached hydrogen (secondary N) is 3. The fourth-order valence-corrected chi connectivity index (χ4v) is 6.12. The number of rotatable bonds is 13. The molecule has 2 unspecified atom stereocenters. The maximum atomic E-state index is 13.7. The molecule has 0 saturated carbocycles. The topological polar surface area (TPSA) is 126 Å². The minimum atomic E-state index is -0.899. The number of benzene rings is 4. The van der Waals surface area contributed by atoms with E-state index in [0.29, 0.717) is 24.3 Å². The van der Waals surface area contributed by atoms with Crippen LogP contribution in [0, 0.1) is 0 Å². The third-order valence-corrected chi connectivity index (χ3v) is 8.64. The summed E-state index contributed by atoms with van der Waals surface area (Å²) in [5.74, 6) is -0.424. The van der Waals surface area contributed by atoms with Gasteiger partial charge >= 0.3 is 5.97 Å². The van der Waals surface area contributed by atoms with E-state index in [-0.39, 0.29) is 31.7 Å². The SMILES string of the molecule is CCOC(=O)[C@H](Cc1ccc(CO)cc1)NC(=O)c1cccc2c1OCCC2NC(Cc1ccc(-c2ccccc2)cc1)c1cnc[nH]1. The first-order valence-corrected chi connectivity index (χ1v) is 16.3. The summed E-state index contributed by atoms with van der Waals surface area (Å²) in [5, 5.41) is 16.1. The highest BCUT2D eigenvalue weighted by Crippen LogP contribution is 2.37. The van der Waals surface area contributed by atoms with E-state index in [0.717, 1.165) is 28.8 Å². The van der Waals surface area contributed by atoms with Crippen LogP contribution in [0.2, 0.25) is 0 Å². The molecule has 9 heteroatoms. The van der Waals surface area contributed by atoms with Crippen molar-refractivity contribution in [1.82, 2.24) is 20.6 Å². The van der Waals surface area contributed by atoms with Gasteiger partial charge in [-0.15, -0.1) is 0 Å². The molecule has 0 saturated heterocycles. The van der Waals surface area contributed by atoms with Crippen molar-refractivity contribution < 1.29 is 24.2 Å². The van der Waals surface area contributed by atoms with Crippen molar-refractivity contribution in [3.05, 3.63) is 143 Å². The van der Waals surface area contributed by atoms with E-state index in [1.165, 1.54) is 16.7 Å². The van der Waals surface area contributed by atoms with Crippen molar-refractivity contribution in [2.24, 2.45) is 0 Å². The zero-order valence-corrected chi connectivity index (χ0v) is 26.9. The first-order chi connectivity index (χ1) is 23.5. The molecule has 0 fully saturated rings. The van der Waals surface area contributed by atoms with Gasteiger partial charge in [0.25, 0.3) is 5.91 Å². The Morgan fingerprint density at radius 3 is 2.33 bits per heavy atom. The Morgan fingerprint density at radius 1 is 0.917 bits per heavy atom. The molecule has 0 radical (unpaired) electrons. The van der Waals surface area contributed by atoms with Crippen LogP contribution in [0.15, 0.2) is 110 Å². The van der Waals surface area contributed by atoms with Crippen molar-refractivity contribution in [1.29, 1.82) is 0 Å². The molecule has 0 spiro atoms. The predicted molar refractivity (Wildman–Crippen MR) is 183 cm³/mol. The number of fused-ring (bicyclic) bond motifs is 1. The summed E-state index contributed by atoms with van der Waals surface area (Å²) >= 11 is 0. The lowest BCUT2D eigenvalue weighted by molar-refractivity contribution is -0.145. The number of nitrogens with zero attached hydrogens (tertiary/aromatic N) is 1. The zero-order chi connectivity index (χ0) is 33.3. The molecule has 0 bridgehead atoms. The third-order valence-electron chi connectivity index (χ3n) is 8.64. The number of aliphatic hydroxyl groups is 1. The van der Waals surface area contributed by atoms with Gasteiger partial charge in [0.1, 0.15) is 11.8 Å². The summed E-state index contributed by atoms with van der Waals surface area (Å²) in [7, 11) is 0. The maximum Gasteiger partial charge on any atom is 0.328 e. The Balaban J connectivity index is 1.20. The van der Waals surface area contributed by atoms with E-state index in [1.807, 2.05) is 48.7 Å². The molecule has 246 valence electrons. The fraction of sp³-hybridized carbons (Fsp3) is 0.256. The number of carbonyl (C=O) groups is 2. The number of amides is 1. The summed E-state index contributed by atoms with van der Waals surface area (Å²) in [6.07, 6.45) is 5.21. The Bertz CT molecular complexity index is 1790. The van der Waals surface area contributed by atoms with Gasteiger partial charge in [-0.1, -0.05) is 91.0 Å². The van der Waals surface area contributed by atoms with E-state index in [2.05, 4.69) is 57.0 Å². The van der Waals surface area contributed by atoms with Crippen molar-refractivity contribution >= 4 is 11.9 Å². The van der Waals surface area contributed by atoms with E-state index in [9.17, 15) is 14.7 Å². The minimum absolute atomic E-state index is 0.0716. The molecule has 3 atom stereocenters. The highest BCUT2D eigenvalue weighted by Gasteiger charge is 2.30. The van der Waals surface area contributed by atoms with Crippen LogP contribution in [0.3, 0.4) is 0 Å². The second kappa shape index (κ2) is 15.6. The lowest BCUT2D eigenvalue weighted by Gasteiger charge is -2.31. The van der Waals surface area contributed by atoms with Crippen LogP contribution in [-0.4, -0.2) is 46.2 Å². The van der Waals surface area contributed by atoms with Gasteiger partial charge in [0, 0.05) is 30.6 Å². The van der Waals surface area contributed by atoms with Crippen LogP contribution in [0.5, 0.6) is 5.75 Å². The number of esters is 1. The van der Waals surface area contributed by atoms with Crippen LogP contribution in [0.1, 0.15) is 63.7 Å². The van der Waals surface area contributed by atoms with Crippen LogP contribution in [0.25, 0.3) is 11.1 Å². The average molecular weight is 645 g/mol. The fourth-order valence-electron chi connectivity index (χ4n) is 6.12. The summed E-state index contributed by atoms with van der Waals surface area (Å²) in [5.41, 5.74) is 7.33. The molecule has 48 heavy (non-hydrogen) atoms. The molecule has 4 N–H and O–H groups in total. The van der Waals surface area contributed by atoms with E-state index < -0.39 is 17.9 Å². The lowest BCUT2D eigenvalue weighted by atomic mass is 9.94. The molecule has 9 nitrogen and oxygen atoms in total. The van der Waals surface area contributed by atoms with Crippen molar-refractivity contribution in [3.63, 3.8) is 0 Å². The second-order valence-corrected chi connectivity index (χ2v) is 11.9. The predicted octanol–water partition coefficient (Wildman–Crippen LogP) is 5.87. The van der Waals surface area contributed by atoms with Crippen LogP contribution >= 0.6 is 0 Å². The second-order valence-electron chi connectivity index (χ2n) is 11.9. The molecule has 1 aromatic heterocycles. The first kappa shape index (κ1) is 32.7. The van der Waals surface area contributed by atoms with Crippen molar-refractivity contribution in [2.45, 2.75) is 50.9 Å². The van der Waals surface area contributed by atoms with Gasteiger partial charge in [-0.25, -0.2) is 9.78 Å². The number of hydrogen-bond donors (Lipinski definition) is 4. The highest BCUT2D eigenvalue weighted by atomic mass is 16.5. The number of carbonyl (C=O) groups excluding carboxylic acids is 2. The number of H-pyrrole nitrogens is 1. The van der Waals surface area contributed by atoms with Crippen LogP contribution in [0.4, 0.5) is 0 Å². The molecule has 6 rings (SSSR count). The maximum absolute atomic E-state index is 13.7. The normalized spacial score (nSPS) is 15.1. The smallest absolute Gasteiger partial charge is 0.328 e. The summed E-state index contributed by atoms with van der Waals surface area (Å²) in [6.45, 7) is 2.28. The number of imidazole rings is 1. The minimum Gasteiger partial charge on any atom is -0.492 e. The lowest BCUT2D eigenvalue weighted by Crippen LogP contribution is -2.43. The number of ether oxygens (including phenoxy) is 2. The Labute approximate surface area is 280 Å². The average Bonchev–Trinajstić information content (AvgIpc) is 3.67. The van der Waals surface area contributed by atoms with Crippen LogP contribution < -0.4 is 15.4 Å². The first-order valence-electron chi connectivity index (χ1n) is 16.3. The molecule has 5 aromatic rings. The Kier molecular flexibility index (Phi) is 10.6. The molecular weight excluding hydrogens is 604 g/mol. The van der Waals surface area contributed by atoms with Gasteiger partial charge in [-0.3, -0.25) is 4.79 Å². The van der Waals surface area contributed by atoms with Crippen molar-refractivity contribution in [2.75, 3.05) is 13.2 Å². The molecule has 4 aromatic carbocycles. The van der Waals surface area contributed by atoms with Gasteiger partial charge in [0.15, 0.2) is 0 Å². The molecule has 2 heterocycles. The standard InChI is InChI=1S/C39H40N4O5/c1-2-47-39(46)35(22-26-11-13-28(24-44)14-12-26)43-38(45)32-10-6-9-31-33(19-20-48-37(31)32)42-34(36-23-40-25-41-36)21-27-15-17-30(18-16-27)29-7-4-3-5-8-29/h3-18,23,25,33-35,42,44H,2,19-22,24H2,1H3,(H,40,41)(H,43,45)/t33?,34?,35-/m0/s1. The largest absolute Gasteiger partial charge is 0.492 e. The Hall–Kier alpha value is -5.25. The van der Waals surface area contributed by atoms with Gasteiger partial charge in [-0.2, -0.15) is 0 Å². The monoisotopic (exact) mass is 644 g/mol. The number of aliphatic hydroxyl groups excluding tert-OH is 1. The van der Waals surface area contributed by atoms with E-state index in [4.69, 9.17) is 9.47 Å². The summed E-state index contributed by atoms with van der Waals surface area (Å²) in [6, 6.07) is 30.7. The van der Waals surface area contributed by atoms with Crippen molar-refractivity contribution in [3.8, 4) is 16.9 Å². The molecule has 1 aliphatic rings. The van der Waals surface area contributed by atoms with Crippen LogP contribution in [-0.2, 0) is 29.0 Å². The zero-order valence-electron chi connectivity index (χ0n) is 26.9. The van der Waals surface area contributed by atoms with Gasteiger partial charge in [0.05, 0.1) is 43.4 Å². The summed E-state index contributed by atoms with van der Waals surface area (Å²) in [4.78, 5) is 34.2. The molecule has 1 aliphatic heterocycles. The highest BCUT2D eigenvalue weighted by molar-refractivity contribution is 5.99. The Morgan fingerprint density at radius 2 is 1.62 bits per heavy atom. The number of aromatic nitrogens is 2. The van der Waals surface area contributed by atoms with Gasteiger partial charge in [0.2, 0.25) is 0 Å². The third kappa shape index (κ3) is 7.82. The summed E-state index contributed by atoms with van der Waals surface area (Å²) < 4.78 is 11.4. The molecule has 1 amide bonds. The number of para-hydroxylation sites is 1. The number of aromatic amines is 1. The van der Waals surface area contributed by atoms with Gasteiger partial charge < -0.3 is 30.2 Å². The number of hydrogen-bond acceptors (Lipinski definition) is 7. The molecule has 0 aliphatic carbocycles. The molecular formula is C39H40N4O5. The van der Waals surface area contributed by atoms with E-state index in [1.54, 1.807) is 31.5 Å². The quantitative estimate of drug-likeness (QED) is 0.118.